The topological polar surface area (TPSA) is 64.9 Å². The Labute approximate surface area is 121 Å². The van der Waals surface area contributed by atoms with Crippen LogP contribution in [0.3, 0.4) is 0 Å². The third-order valence-corrected chi connectivity index (χ3v) is 3.77. The highest BCUT2D eigenvalue weighted by Crippen LogP contribution is 2.21. The Morgan fingerprint density at radius 1 is 1.42 bits per heavy atom. The van der Waals surface area contributed by atoms with Crippen molar-refractivity contribution in [3.63, 3.8) is 0 Å². The zero-order valence-corrected chi connectivity index (χ0v) is 12.7. The van der Waals surface area contributed by atoms with Gasteiger partial charge in [-0.05, 0) is 23.6 Å². The zero-order chi connectivity index (χ0) is 13.8. The predicted octanol–water partition coefficient (Wildman–Crippen LogP) is 3.47. The average Bonchev–Trinajstić information content (AvgIpc) is 2.85. The molecule has 0 saturated heterocycles. The van der Waals surface area contributed by atoms with E-state index in [0.29, 0.717) is 24.1 Å². The molecular formula is C14H18BrN3O. The summed E-state index contributed by atoms with van der Waals surface area (Å²) < 4.78 is 6.30. The number of halogens is 1. The lowest BCUT2D eigenvalue weighted by molar-refractivity contribution is 0.310. The van der Waals surface area contributed by atoms with Gasteiger partial charge in [-0.25, -0.2) is 0 Å². The van der Waals surface area contributed by atoms with Crippen LogP contribution in [0.5, 0.6) is 0 Å². The Kier molecular flexibility index (Phi) is 4.71. The molecule has 1 heterocycles. The summed E-state index contributed by atoms with van der Waals surface area (Å²) in [6.45, 7) is 4.19. The first-order valence-electron chi connectivity index (χ1n) is 6.42. The van der Waals surface area contributed by atoms with Crippen molar-refractivity contribution in [1.82, 2.24) is 10.1 Å². The molecule has 0 spiro atoms. The van der Waals surface area contributed by atoms with Crippen molar-refractivity contribution >= 4 is 15.9 Å². The van der Waals surface area contributed by atoms with Crippen molar-refractivity contribution < 1.29 is 4.52 Å². The number of nitrogens with two attached hydrogens (primary N) is 1. The highest BCUT2D eigenvalue weighted by molar-refractivity contribution is 9.10. The summed E-state index contributed by atoms with van der Waals surface area (Å²) in [6, 6.07) is 7.88. The lowest BCUT2D eigenvalue weighted by Crippen LogP contribution is -2.18. The van der Waals surface area contributed by atoms with E-state index in [-0.39, 0.29) is 6.04 Å². The van der Waals surface area contributed by atoms with E-state index in [2.05, 4.69) is 39.9 Å². The van der Waals surface area contributed by atoms with Gasteiger partial charge in [0.25, 0.3) is 0 Å². The Morgan fingerprint density at radius 2 is 2.21 bits per heavy atom. The number of hydrogen-bond donors (Lipinski definition) is 1. The van der Waals surface area contributed by atoms with Crippen molar-refractivity contribution in [1.29, 1.82) is 0 Å². The van der Waals surface area contributed by atoms with Gasteiger partial charge in [-0.15, -0.1) is 0 Å². The molecule has 102 valence electrons. The molecule has 2 N–H and O–H groups in total. The van der Waals surface area contributed by atoms with Gasteiger partial charge in [0.2, 0.25) is 5.89 Å². The molecule has 0 radical (unpaired) electrons. The fourth-order valence-electron chi connectivity index (χ4n) is 1.80. The van der Waals surface area contributed by atoms with Crippen LogP contribution in [-0.4, -0.2) is 10.1 Å². The maximum absolute atomic E-state index is 6.08. The van der Waals surface area contributed by atoms with Crippen molar-refractivity contribution in [3.8, 4) is 0 Å². The van der Waals surface area contributed by atoms with Crippen LogP contribution in [0.2, 0.25) is 0 Å². The van der Waals surface area contributed by atoms with Crippen LogP contribution < -0.4 is 5.73 Å². The largest absolute Gasteiger partial charge is 0.338 e. The van der Waals surface area contributed by atoms with E-state index in [1.54, 1.807) is 0 Å². The molecule has 2 rings (SSSR count). The van der Waals surface area contributed by atoms with Crippen LogP contribution in [0.1, 0.15) is 43.6 Å². The number of nitrogens with zero attached hydrogens (tertiary/aromatic N) is 2. The molecule has 1 aromatic heterocycles. The van der Waals surface area contributed by atoms with Gasteiger partial charge in [0, 0.05) is 10.9 Å². The molecule has 1 unspecified atom stereocenters. The highest BCUT2D eigenvalue weighted by atomic mass is 79.9. The number of hydrogen-bond acceptors (Lipinski definition) is 4. The Balaban J connectivity index is 2.09. The van der Waals surface area contributed by atoms with Crippen LogP contribution in [-0.2, 0) is 6.42 Å². The summed E-state index contributed by atoms with van der Waals surface area (Å²) in [5, 5.41) is 4.00. The fourth-order valence-corrected chi connectivity index (χ4v) is 2.25. The Morgan fingerprint density at radius 3 is 2.89 bits per heavy atom. The van der Waals surface area contributed by atoms with Crippen LogP contribution in [0.15, 0.2) is 33.3 Å². The van der Waals surface area contributed by atoms with Crippen molar-refractivity contribution in [2.75, 3.05) is 0 Å². The molecule has 0 aliphatic rings. The molecule has 4 nitrogen and oxygen atoms in total. The number of rotatable bonds is 5. The maximum Gasteiger partial charge on any atom is 0.243 e. The van der Waals surface area contributed by atoms with E-state index in [4.69, 9.17) is 10.3 Å². The minimum atomic E-state index is -0.186. The molecule has 2 atom stereocenters. The van der Waals surface area contributed by atoms with Gasteiger partial charge >= 0.3 is 0 Å². The van der Waals surface area contributed by atoms with Crippen molar-refractivity contribution in [2.45, 2.75) is 32.7 Å². The highest BCUT2D eigenvalue weighted by Gasteiger charge is 2.19. The minimum Gasteiger partial charge on any atom is -0.338 e. The second kappa shape index (κ2) is 6.30. The molecule has 2 aromatic rings. The van der Waals surface area contributed by atoms with Gasteiger partial charge in [-0.3, -0.25) is 0 Å². The molecule has 19 heavy (non-hydrogen) atoms. The van der Waals surface area contributed by atoms with Crippen molar-refractivity contribution in [2.24, 2.45) is 11.7 Å². The van der Waals surface area contributed by atoms with Gasteiger partial charge in [-0.1, -0.05) is 53.5 Å². The molecule has 0 aliphatic heterocycles. The summed E-state index contributed by atoms with van der Waals surface area (Å²) in [4.78, 5) is 4.39. The van der Waals surface area contributed by atoms with Crippen molar-refractivity contribution in [3.05, 3.63) is 46.0 Å². The normalized spacial score (nSPS) is 14.3. The van der Waals surface area contributed by atoms with Gasteiger partial charge in [-0.2, -0.15) is 4.98 Å². The van der Waals surface area contributed by atoms with Crippen LogP contribution in [0.4, 0.5) is 0 Å². The number of aromatic nitrogens is 2. The van der Waals surface area contributed by atoms with E-state index < -0.39 is 0 Å². The first kappa shape index (κ1) is 14.2. The minimum absolute atomic E-state index is 0.186. The molecule has 5 heteroatoms. The molecule has 0 fully saturated rings. The number of benzene rings is 1. The monoisotopic (exact) mass is 323 g/mol. The summed E-state index contributed by atoms with van der Waals surface area (Å²) in [6.07, 6.45) is 1.64. The fraction of sp³-hybridized carbons (Fsp3) is 0.429. The second-order valence-corrected chi connectivity index (χ2v) is 5.68. The molecule has 0 aliphatic carbocycles. The lowest BCUT2D eigenvalue weighted by atomic mass is 10.0. The molecule has 0 saturated carbocycles. The third kappa shape index (κ3) is 3.64. The van der Waals surface area contributed by atoms with Crippen LogP contribution in [0.25, 0.3) is 0 Å². The van der Waals surface area contributed by atoms with E-state index >= 15 is 0 Å². The quantitative estimate of drug-likeness (QED) is 0.914. The summed E-state index contributed by atoms with van der Waals surface area (Å²) in [5.74, 6) is 1.53. The molecule has 1 aromatic carbocycles. The van der Waals surface area contributed by atoms with Gasteiger partial charge in [0.1, 0.15) is 0 Å². The van der Waals surface area contributed by atoms with Gasteiger partial charge in [0.15, 0.2) is 5.82 Å². The van der Waals surface area contributed by atoms with Gasteiger partial charge in [0.05, 0.1) is 6.04 Å². The smallest absolute Gasteiger partial charge is 0.243 e. The van der Waals surface area contributed by atoms with Crippen LogP contribution >= 0.6 is 15.9 Å². The predicted molar refractivity (Wildman–Crippen MR) is 77.6 cm³/mol. The maximum atomic E-state index is 6.08. The van der Waals surface area contributed by atoms with Crippen LogP contribution in [0, 0.1) is 5.92 Å². The average molecular weight is 324 g/mol. The van der Waals surface area contributed by atoms with E-state index in [9.17, 15) is 0 Å². The third-order valence-electron chi connectivity index (χ3n) is 3.28. The Bertz CT molecular complexity index is 541. The van der Waals surface area contributed by atoms with E-state index in [1.807, 2.05) is 24.3 Å². The molecule has 0 bridgehead atoms. The molecule has 0 amide bonds. The summed E-state index contributed by atoms with van der Waals surface area (Å²) in [7, 11) is 0. The first-order chi connectivity index (χ1) is 9.10. The molecular weight excluding hydrogens is 306 g/mol. The Hall–Kier alpha value is -1.20. The van der Waals surface area contributed by atoms with E-state index in [0.717, 1.165) is 16.5 Å². The lowest BCUT2D eigenvalue weighted by Gasteiger charge is -2.12. The van der Waals surface area contributed by atoms with E-state index in [1.165, 1.54) is 0 Å². The standard InChI is InChI=1S/C14H18BrN3O/c1-3-9(2)13(16)14-17-12(18-19-14)8-10-5-4-6-11(15)7-10/h4-7,9,13H,3,8,16H2,1-2H3/t9?,13-/m0/s1. The summed E-state index contributed by atoms with van der Waals surface area (Å²) in [5.41, 5.74) is 7.21. The second-order valence-electron chi connectivity index (χ2n) is 4.77. The first-order valence-corrected chi connectivity index (χ1v) is 7.22. The summed E-state index contributed by atoms with van der Waals surface area (Å²) >= 11 is 3.45. The SMILES string of the molecule is CCC(C)[C@H](N)c1nc(Cc2cccc(Br)c2)no1. The zero-order valence-electron chi connectivity index (χ0n) is 11.1. The van der Waals surface area contributed by atoms with Gasteiger partial charge < -0.3 is 10.3 Å².